The molecule has 1 saturated carbocycles. The summed E-state index contributed by atoms with van der Waals surface area (Å²) in [6.07, 6.45) is 3.90. The molecule has 1 N–H and O–H groups in total. The van der Waals surface area contributed by atoms with Crippen LogP contribution < -0.4 is 5.32 Å². The predicted octanol–water partition coefficient (Wildman–Crippen LogP) is 3.31. The maximum atomic E-state index is 4.49. The summed E-state index contributed by atoms with van der Waals surface area (Å²) in [5.74, 6) is 2.42. The minimum atomic E-state index is 0.743. The third-order valence-corrected chi connectivity index (χ3v) is 5.28. The molecule has 0 saturated heterocycles. The smallest absolute Gasteiger partial charge is 0.0738 e. The van der Waals surface area contributed by atoms with E-state index in [9.17, 15) is 0 Å². The van der Waals surface area contributed by atoms with Crippen LogP contribution in [0.2, 0.25) is 0 Å². The van der Waals surface area contributed by atoms with Crippen molar-refractivity contribution >= 4 is 15.9 Å². The zero-order valence-electron chi connectivity index (χ0n) is 12.5. The first-order valence-electron chi connectivity index (χ1n) is 7.37. The molecule has 1 fully saturated rings. The highest BCUT2D eigenvalue weighted by Gasteiger charge is 2.31. The second-order valence-corrected chi connectivity index (χ2v) is 7.12. The van der Waals surface area contributed by atoms with E-state index < -0.39 is 0 Å². The molecule has 1 aliphatic rings. The van der Waals surface area contributed by atoms with E-state index in [1.165, 1.54) is 29.6 Å². The van der Waals surface area contributed by atoms with Gasteiger partial charge < -0.3 is 5.32 Å². The van der Waals surface area contributed by atoms with E-state index in [0.717, 1.165) is 36.4 Å². The summed E-state index contributed by atoms with van der Waals surface area (Å²) in [7, 11) is 2.05. The van der Waals surface area contributed by atoms with Gasteiger partial charge in [-0.25, -0.2) is 0 Å². The fourth-order valence-electron chi connectivity index (χ4n) is 2.88. The molecule has 1 aliphatic carbocycles. The summed E-state index contributed by atoms with van der Waals surface area (Å²) in [5, 5.41) is 8.09. The van der Waals surface area contributed by atoms with Crippen molar-refractivity contribution in [3.63, 3.8) is 0 Å². The van der Waals surface area contributed by atoms with Gasteiger partial charge in [0.05, 0.1) is 15.9 Å². The summed E-state index contributed by atoms with van der Waals surface area (Å²) >= 11 is 3.68. The fourth-order valence-corrected chi connectivity index (χ4v) is 3.38. The van der Waals surface area contributed by atoms with Crippen molar-refractivity contribution in [1.82, 2.24) is 15.1 Å². The average Bonchev–Trinajstić information content (AvgIpc) is 2.55. The molecule has 4 heteroatoms. The predicted molar refractivity (Wildman–Crippen MR) is 83.3 cm³/mol. The van der Waals surface area contributed by atoms with Gasteiger partial charge in [0.2, 0.25) is 0 Å². The molecule has 0 radical (unpaired) electrons. The minimum absolute atomic E-state index is 0.743. The lowest BCUT2D eigenvalue weighted by Crippen LogP contribution is -2.37. The molecule has 0 amide bonds. The first-order chi connectivity index (χ1) is 8.99. The van der Waals surface area contributed by atoms with Crippen LogP contribution in [0.3, 0.4) is 0 Å². The lowest BCUT2D eigenvalue weighted by atomic mass is 9.71. The molecule has 3 nitrogen and oxygen atoms in total. The van der Waals surface area contributed by atoms with Crippen molar-refractivity contribution in [3.8, 4) is 0 Å². The number of hydrogen-bond acceptors (Lipinski definition) is 2. The largest absolute Gasteiger partial charge is 0.316 e. The first kappa shape index (κ1) is 15.0. The number of nitrogens with zero attached hydrogens (tertiary/aromatic N) is 2. The van der Waals surface area contributed by atoms with Gasteiger partial charge in [0.1, 0.15) is 0 Å². The highest BCUT2D eigenvalue weighted by molar-refractivity contribution is 9.10. The number of halogens is 1. The van der Waals surface area contributed by atoms with Gasteiger partial charge in [0, 0.05) is 7.05 Å². The molecule has 1 aromatic heterocycles. The van der Waals surface area contributed by atoms with Crippen LogP contribution in [0.5, 0.6) is 0 Å². The Labute approximate surface area is 125 Å². The Morgan fingerprint density at radius 2 is 2.05 bits per heavy atom. The first-order valence-corrected chi connectivity index (χ1v) is 8.17. The standard InChI is InChI=1S/C15H26BrN3/c1-10(2)8-17-9-13-6-5-12(13)7-14-15(16)11(3)18-19(14)4/h10,12-13,17H,5-9H2,1-4H3. The van der Waals surface area contributed by atoms with Crippen molar-refractivity contribution in [2.24, 2.45) is 24.8 Å². The Balaban J connectivity index is 1.86. The Bertz CT molecular complexity index is 425. The van der Waals surface area contributed by atoms with Crippen molar-refractivity contribution in [3.05, 3.63) is 15.9 Å². The molecule has 0 aliphatic heterocycles. The van der Waals surface area contributed by atoms with Gasteiger partial charge in [-0.1, -0.05) is 13.8 Å². The van der Waals surface area contributed by atoms with Crippen molar-refractivity contribution in [2.45, 2.75) is 40.0 Å². The second kappa shape index (κ2) is 6.40. The van der Waals surface area contributed by atoms with Crippen molar-refractivity contribution < 1.29 is 0 Å². The van der Waals surface area contributed by atoms with E-state index in [-0.39, 0.29) is 0 Å². The van der Waals surface area contributed by atoms with Crippen molar-refractivity contribution in [2.75, 3.05) is 13.1 Å². The third-order valence-electron chi connectivity index (χ3n) is 4.25. The number of rotatable bonds is 6. The normalized spacial score (nSPS) is 22.8. The van der Waals surface area contributed by atoms with Gasteiger partial charge in [-0.15, -0.1) is 0 Å². The fraction of sp³-hybridized carbons (Fsp3) is 0.800. The van der Waals surface area contributed by atoms with E-state index in [1.807, 2.05) is 4.68 Å². The molecule has 108 valence electrons. The number of aryl methyl sites for hydroxylation is 2. The summed E-state index contributed by atoms with van der Waals surface area (Å²) < 4.78 is 3.24. The van der Waals surface area contributed by atoms with Crippen molar-refractivity contribution in [1.29, 1.82) is 0 Å². The molecule has 1 aromatic rings. The summed E-state index contributed by atoms with van der Waals surface area (Å²) in [5.41, 5.74) is 2.46. The van der Waals surface area contributed by atoms with Gasteiger partial charge >= 0.3 is 0 Å². The molecule has 19 heavy (non-hydrogen) atoms. The van der Waals surface area contributed by atoms with E-state index in [1.54, 1.807) is 0 Å². The zero-order chi connectivity index (χ0) is 14.0. The Morgan fingerprint density at radius 3 is 2.53 bits per heavy atom. The maximum Gasteiger partial charge on any atom is 0.0738 e. The van der Waals surface area contributed by atoms with Gasteiger partial charge in [0.15, 0.2) is 0 Å². The topological polar surface area (TPSA) is 29.9 Å². The Morgan fingerprint density at radius 1 is 1.37 bits per heavy atom. The van der Waals surface area contributed by atoms with Crippen LogP contribution in [0.1, 0.15) is 38.1 Å². The molecule has 0 bridgehead atoms. The zero-order valence-corrected chi connectivity index (χ0v) is 14.1. The SMILES string of the molecule is Cc1nn(C)c(CC2CCC2CNCC(C)C)c1Br. The summed E-state index contributed by atoms with van der Waals surface area (Å²) in [4.78, 5) is 0. The maximum absolute atomic E-state index is 4.49. The molecule has 2 rings (SSSR count). The Hall–Kier alpha value is -0.350. The lowest BCUT2D eigenvalue weighted by molar-refractivity contribution is 0.167. The van der Waals surface area contributed by atoms with Gasteiger partial charge in [-0.05, 0) is 73.0 Å². The third kappa shape index (κ3) is 3.60. The van der Waals surface area contributed by atoms with E-state index in [0.29, 0.717) is 0 Å². The van der Waals surface area contributed by atoms with Crippen LogP contribution in [0.4, 0.5) is 0 Å². The van der Waals surface area contributed by atoms with E-state index in [4.69, 9.17) is 0 Å². The molecular formula is C15H26BrN3. The number of nitrogens with one attached hydrogen (secondary N) is 1. The molecule has 2 unspecified atom stereocenters. The molecule has 0 spiro atoms. The quantitative estimate of drug-likeness (QED) is 0.868. The highest BCUT2D eigenvalue weighted by Crippen LogP contribution is 2.37. The van der Waals surface area contributed by atoms with E-state index >= 15 is 0 Å². The molecule has 2 atom stereocenters. The van der Waals surface area contributed by atoms with Gasteiger partial charge in [-0.2, -0.15) is 5.10 Å². The monoisotopic (exact) mass is 327 g/mol. The van der Waals surface area contributed by atoms with E-state index in [2.05, 4.69) is 54.2 Å². The highest BCUT2D eigenvalue weighted by atomic mass is 79.9. The van der Waals surface area contributed by atoms with Crippen LogP contribution in [-0.2, 0) is 13.5 Å². The summed E-state index contributed by atoms with van der Waals surface area (Å²) in [6.45, 7) is 8.91. The lowest BCUT2D eigenvalue weighted by Gasteiger charge is -2.37. The molecule has 0 aromatic carbocycles. The van der Waals surface area contributed by atoms with Gasteiger partial charge in [-0.3, -0.25) is 4.68 Å². The molecule has 1 heterocycles. The average molecular weight is 328 g/mol. The van der Waals surface area contributed by atoms with Crippen LogP contribution in [0.25, 0.3) is 0 Å². The summed E-state index contributed by atoms with van der Waals surface area (Å²) in [6, 6.07) is 0. The van der Waals surface area contributed by atoms with Gasteiger partial charge in [0.25, 0.3) is 0 Å². The van der Waals surface area contributed by atoms with Crippen LogP contribution >= 0.6 is 15.9 Å². The minimum Gasteiger partial charge on any atom is -0.316 e. The number of aromatic nitrogens is 2. The van der Waals surface area contributed by atoms with Crippen LogP contribution in [0, 0.1) is 24.7 Å². The molecular weight excluding hydrogens is 302 g/mol. The van der Waals surface area contributed by atoms with Crippen LogP contribution in [0.15, 0.2) is 4.47 Å². The number of hydrogen-bond donors (Lipinski definition) is 1. The second-order valence-electron chi connectivity index (χ2n) is 6.32. The van der Waals surface area contributed by atoms with Crippen LogP contribution in [-0.4, -0.2) is 22.9 Å². The Kier molecular flexibility index (Phi) is 5.07.